The van der Waals surface area contributed by atoms with Crippen molar-refractivity contribution in [3.63, 3.8) is 0 Å². The van der Waals surface area contributed by atoms with E-state index in [4.69, 9.17) is 11.6 Å². The molecule has 0 aromatic heterocycles. The Kier molecular flexibility index (Phi) is 6.13. The summed E-state index contributed by atoms with van der Waals surface area (Å²) < 4.78 is 0.504. The van der Waals surface area contributed by atoms with E-state index in [1.165, 1.54) is 0 Å². The van der Waals surface area contributed by atoms with Crippen molar-refractivity contribution in [3.05, 3.63) is 29.3 Å². The van der Waals surface area contributed by atoms with Crippen LogP contribution in [0, 0.1) is 0 Å². The lowest BCUT2D eigenvalue weighted by Gasteiger charge is -2.21. The molecule has 0 spiro atoms. The van der Waals surface area contributed by atoms with E-state index in [0.717, 1.165) is 25.1 Å². The fourth-order valence-corrected chi connectivity index (χ4v) is 1.94. The highest BCUT2D eigenvalue weighted by Gasteiger charge is 2.13. The quantitative estimate of drug-likeness (QED) is 0.582. The fourth-order valence-electron chi connectivity index (χ4n) is 1.41. The minimum Gasteiger partial charge on any atom is -0.312 e. The van der Waals surface area contributed by atoms with Crippen LogP contribution in [-0.2, 0) is 4.79 Å². The molecular weight excluding hydrogens is 336 g/mol. The van der Waals surface area contributed by atoms with Crippen molar-refractivity contribution in [1.29, 1.82) is 0 Å². The fraction of sp³-hybridized carbons (Fsp3) is 0.417. The average Bonchev–Trinajstić information content (AvgIpc) is 2.31. The Hall–Kier alpha value is -0.290. The molecule has 0 aliphatic rings. The highest BCUT2D eigenvalue weighted by atomic mass is 127. The van der Waals surface area contributed by atoms with Crippen LogP contribution in [0.5, 0.6) is 0 Å². The molecule has 0 unspecified atom stereocenters. The standard InChI is InChI=1S/C12H15ClINO/c1-2-3-8-15(12(16)9-14)11-6-4-10(13)5-7-11/h4-7H,2-3,8-9H2,1H3. The van der Waals surface area contributed by atoms with Gasteiger partial charge in [-0.1, -0.05) is 47.5 Å². The maximum absolute atomic E-state index is 11.8. The van der Waals surface area contributed by atoms with Gasteiger partial charge >= 0.3 is 0 Å². The van der Waals surface area contributed by atoms with E-state index in [0.29, 0.717) is 9.45 Å². The zero-order chi connectivity index (χ0) is 12.0. The van der Waals surface area contributed by atoms with E-state index >= 15 is 0 Å². The van der Waals surface area contributed by atoms with E-state index < -0.39 is 0 Å². The molecule has 16 heavy (non-hydrogen) atoms. The van der Waals surface area contributed by atoms with Crippen LogP contribution in [0.3, 0.4) is 0 Å². The number of carbonyl (C=O) groups is 1. The molecule has 88 valence electrons. The first kappa shape index (κ1) is 13.8. The first-order valence-corrected chi connectivity index (χ1v) is 7.21. The molecular formula is C12H15ClINO. The summed E-state index contributed by atoms with van der Waals surface area (Å²) in [6.45, 7) is 2.90. The predicted molar refractivity (Wildman–Crippen MR) is 77.6 cm³/mol. The Morgan fingerprint density at radius 3 is 2.50 bits per heavy atom. The van der Waals surface area contributed by atoms with Gasteiger partial charge in [-0.3, -0.25) is 4.79 Å². The molecule has 0 aliphatic heterocycles. The van der Waals surface area contributed by atoms with Crippen LogP contribution in [0.25, 0.3) is 0 Å². The molecule has 0 bridgehead atoms. The van der Waals surface area contributed by atoms with Gasteiger partial charge in [0.1, 0.15) is 0 Å². The number of benzene rings is 1. The SMILES string of the molecule is CCCCN(C(=O)CI)c1ccc(Cl)cc1. The molecule has 1 aromatic carbocycles. The number of unbranched alkanes of at least 4 members (excludes halogenated alkanes) is 1. The van der Waals surface area contributed by atoms with Gasteiger partial charge in [0.05, 0.1) is 4.43 Å². The minimum absolute atomic E-state index is 0.149. The zero-order valence-electron chi connectivity index (χ0n) is 9.25. The summed E-state index contributed by atoms with van der Waals surface area (Å²) in [6.07, 6.45) is 2.10. The van der Waals surface area contributed by atoms with Crippen molar-refractivity contribution >= 4 is 45.8 Å². The molecule has 0 aliphatic carbocycles. The maximum Gasteiger partial charge on any atom is 0.236 e. The molecule has 0 fully saturated rings. The van der Waals surface area contributed by atoms with Gasteiger partial charge in [-0.15, -0.1) is 0 Å². The summed E-state index contributed by atoms with van der Waals surface area (Å²) in [6, 6.07) is 7.41. The number of carbonyl (C=O) groups excluding carboxylic acids is 1. The molecule has 0 heterocycles. The van der Waals surface area contributed by atoms with Crippen LogP contribution < -0.4 is 4.90 Å². The van der Waals surface area contributed by atoms with Gasteiger partial charge in [-0.05, 0) is 30.7 Å². The summed E-state index contributed by atoms with van der Waals surface area (Å²) in [5, 5.41) is 0.695. The van der Waals surface area contributed by atoms with Crippen LogP contribution in [0.15, 0.2) is 24.3 Å². The predicted octanol–water partition coefficient (Wildman–Crippen LogP) is 3.91. The lowest BCUT2D eigenvalue weighted by atomic mass is 10.2. The average molecular weight is 352 g/mol. The van der Waals surface area contributed by atoms with Gasteiger partial charge in [0, 0.05) is 17.3 Å². The second-order valence-corrected chi connectivity index (χ2v) is 4.71. The smallest absolute Gasteiger partial charge is 0.236 e. The molecule has 0 atom stereocenters. The molecule has 1 aromatic rings. The Labute approximate surface area is 115 Å². The Balaban J connectivity index is 2.82. The summed E-state index contributed by atoms with van der Waals surface area (Å²) in [5.41, 5.74) is 0.930. The number of halogens is 2. The molecule has 1 rings (SSSR count). The van der Waals surface area contributed by atoms with E-state index in [2.05, 4.69) is 29.5 Å². The summed E-state index contributed by atoms with van der Waals surface area (Å²) in [4.78, 5) is 13.6. The van der Waals surface area contributed by atoms with Crippen molar-refractivity contribution in [2.45, 2.75) is 19.8 Å². The lowest BCUT2D eigenvalue weighted by molar-refractivity contribution is -0.115. The topological polar surface area (TPSA) is 20.3 Å². The zero-order valence-corrected chi connectivity index (χ0v) is 12.2. The molecule has 0 saturated heterocycles. The third-order valence-corrected chi connectivity index (χ3v) is 3.19. The molecule has 0 N–H and O–H groups in total. The van der Waals surface area contributed by atoms with E-state index in [9.17, 15) is 4.79 Å². The van der Waals surface area contributed by atoms with Crippen LogP contribution in [0.4, 0.5) is 5.69 Å². The van der Waals surface area contributed by atoms with Gasteiger partial charge in [-0.2, -0.15) is 0 Å². The monoisotopic (exact) mass is 351 g/mol. The third-order valence-electron chi connectivity index (χ3n) is 2.29. The van der Waals surface area contributed by atoms with Crippen molar-refractivity contribution < 1.29 is 4.79 Å². The van der Waals surface area contributed by atoms with Crippen molar-refractivity contribution in [3.8, 4) is 0 Å². The van der Waals surface area contributed by atoms with E-state index in [1.807, 2.05) is 29.2 Å². The van der Waals surface area contributed by atoms with Gasteiger partial charge in [-0.25, -0.2) is 0 Å². The van der Waals surface area contributed by atoms with Crippen LogP contribution in [0.2, 0.25) is 5.02 Å². The van der Waals surface area contributed by atoms with Crippen LogP contribution in [0.1, 0.15) is 19.8 Å². The number of rotatable bonds is 5. The third kappa shape index (κ3) is 3.94. The summed E-state index contributed by atoms with van der Waals surface area (Å²) in [5.74, 6) is 0.149. The van der Waals surface area contributed by atoms with Crippen LogP contribution in [-0.4, -0.2) is 16.9 Å². The van der Waals surface area contributed by atoms with Gasteiger partial charge in [0.2, 0.25) is 5.91 Å². The summed E-state index contributed by atoms with van der Waals surface area (Å²) >= 11 is 7.93. The van der Waals surface area contributed by atoms with E-state index in [-0.39, 0.29) is 5.91 Å². The van der Waals surface area contributed by atoms with Crippen molar-refractivity contribution in [2.24, 2.45) is 0 Å². The lowest BCUT2D eigenvalue weighted by Crippen LogP contribution is -2.32. The number of amides is 1. The molecule has 2 nitrogen and oxygen atoms in total. The highest BCUT2D eigenvalue weighted by Crippen LogP contribution is 2.19. The van der Waals surface area contributed by atoms with E-state index in [1.54, 1.807) is 0 Å². The Morgan fingerprint density at radius 1 is 1.38 bits per heavy atom. The van der Waals surface area contributed by atoms with Crippen LogP contribution >= 0.6 is 34.2 Å². The number of hydrogen-bond acceptors (Lipinski definition) is 1. The molecule has 1 amide bonds. The number of alkyl halides is 1. The van der Waals surface area contributed by atoms with Gasteiger partial charge in [0.15, 0.2) is 0 Å². The largest absolute Gasteiger partial charge is 0.312 e. The Bertz CT molecular complexity index is 339. The normalized spacial score (nSPS) is 10.2. The Morgan fingerprint density at radius 2 is 2.00 bits per heavy atom. The number of hydrogen-bond donors (Lipinski definition) is 0. The first-order valence-electron chi connectivity index (χ1n) is 5.31. The second kappa shape index (κ2) is 7.12. The van der Waals surface area contributed by atoms with Crippen molar-refractivity contribution in [2.75, 3.05) is 15.9 Å². The number of anilines is 1. The number of nitrogens with zero attached hydrogens (tertiary/aromatic N) is 1. The minimum atomic E-state index is 0.149. The maximum atomic E-state index is 11.8. The first-order chi connectivity index (χ1) is 7.69. The van der Waals surface area contributed by atoms with Gasteiger partial charge in [0.25, 0.3) is 0 Å². The van der Waals surface area contributed by atoms with Gasteiger partial charge < -0.3 is 4.90 Å². The molecule has 0 radical (unpaired) electrons. The molecule has 4 heteroatoms. The van der Waals surface area contributed by atoms with Crippen molar-refractivity contribution in [1.82, 2.24) is 0 Å². The second-order valence-electron chi connectivity index (χ2n) is 3.51. The molecule has 0 saturated carbocycles. The highest BCUT2D eigenvalue weighted by molar-refractivity contribution is 14.1. The summed E-state index contributed by atoms with van der Waals surface area (Å²) in [7, 11) is 0.